The van der Waals surface area contributed by atoms with Gasteiger partial charge in [-0.05, 0) is 39.0 Å². The van der Waals surface area contributed by atoms with Crippen LogP contribution in [0, 0.1) is 25.7 Å². The molecule has 0 radical (unpaired) electrons. The standard InChI is InChI=1S/C17H29N5O/c1-11-15(12(2)22(3)21-11)16-14(7-8-23-16)10-20-17(18)19-9-13-5-4-6-13/h13-14,16H,4-10H2,1-3H3,(H3,18,19,20)/t14-,16+/m0/s1. The maximum atomic E-state index is 6.01. The molecular weight excluding hydrogens is 290 g/mol. The van der Waals surface area contributed by atoms with Crippen molar-refractivity contribution in [3.8, 4) is 0 Å². The molecule has 0 unspecified atom stereocenters. The number of nitrogens with two attached hydrogens (primary N) is 1. The molecule has 0 amide bonds. The second kappa shape index (κ2) is 6.91. The quantitative estimate of drug-likeness (QED) is 0.641. The lowest BCUT2D eigenvalue weighted by atomic mass is 9.86. The van der Waals surface area contributed by atoms with Crippen LogP contribution < -0.4 is 11.1 Å². The molecule has 23 heavy (non-hydrogen) atoms. The fraction of sp³-hybridized carbons (Fsp3) is 0.765. The maximum absolute atomic E-state index is 6.01. The van der Waals surface area contributed by atoms with Crippen LogP contribution in [0.25, 0.3) is 0 Å². The Morgan fingerprint density at radius 1 is 1.39 bits per heavy atom. The first kappa shape index (κ1) is 16.3. The largest absolute Gasteiger partial charge is 0.373 e. The first-order chi connectivity index (χ1) is 11.1. The van der Waals surface area contributed by atoms with Crippen molar-refractivity contribution < 1.29 is 4.74 Å². The van der Waals surface area contributed by atoms with E-state index in [2.05, 4.69) is 29.3 Å². The highest BCUT2D eigenvalue weighted by molar-refractivity contribution is 5.77. The van der Waals surface area contributed by atoms with E-state index in [0.717, 1.165) is 37.7 Å². The smallest absolute Gasteiger partial charge is 0.188 e. The number of ether oxygens (including phenoxy) is 1. The van der Waals surface area contributed by atoms with Crippen molar-refractivity contribution in [3.63, 3.8) is 0 Å². The number of rotatable bonds is 5. The average molecular weight is 319 g/mol. The van der Waals surface area contributed by atoms with Gasteiger partial charge >= 0.3 is 0 Å². The average Bonchev–Trinajstić information content (AvgIpc) is 3.00. The van der Waals surface area contributed by atoms with Crippen LogP contribution >= 0.6 is 0 Å². The van der Waals surface area contributed by atoms with E-state index in [-0.39, 0.29) is 6.10 Å². The third-order valence-electron chi connectivity index (χ3n) is 5.35. The number of nitrogens with zero attached hydrogens (tertiary/aromatic N) is 3. The van der Waals surface area contributed by atoms with Gasteiger partial charge in [-0.15, -0.1) is 0 Å². The van der Waals surface area contributed by atoms with Gasteiger partial charge in [-0.2, -0.15) is 5.10 Å². The molecule has 0 spiro atoms. The molecule has 1 aromatic heterocycles. The number of aliphatic imine (C=N–C) groups is 1. The normalized spacial score (nSPS) is 25.6. The first-order valence-corrected chi connectivity index (χ1v) is 8.71. The monoisotopic (exact) mass is 319 g/mol. The Labute approximate surface area is 138 Å². The molecule has 2 atom stereocenters. The summed E-state index contributed by atoms with van der Waals surface area (Å²) >= 11 is 0. The van der Waals surface area contributed by atoms with Crippen LogP contribution in [0.3, 0.4) is 0 Å². The number of guanidine groups is 1. The molecule has 1 aliphatic carbocycles. The number of hydrogen-bond donors (Lipinski definition) is 2. The molecule has 2 heterocycles. The molecule has 6 nitrogen and oxygen atoms in total. The molecule has 3 rings (SSSR count). The fourth-order valence-corrected chi connectivity index (χ4v) is 3.56. The highest BCUT2D eigenvalue weighted by Gasteiger charge is 2.33. The molecule has 1 aromatic rings. The van der Waals surface area contributed by atoms with Gasteiger partial charge in [-0.1, -0.05) is 6.42 Å². The van der Waals surface area contributed by atoms with E-state index in [9.17, 15) is 0 Å². The lowest BCUT2D eigenvalue weighted by molar-refractivity contribution is 0.0904. The van der Waals surface area contributed by atoms with Crippen molar-refractivity contribution in [1.29, 1.82) is 0 Å². The Balaban J connectivity index is 1.58. The highest BCUT2D eigenvalue weighted by Crippen LogP contribution is 2.37. The lowest BCUT2D eigenvalue weighted by Crippen LogP contribution is -2.37. The van der Waals surface area contributed by atoms with Crippen molar-refractivity contribution in [1.82, 2.24) is 15.1 Å². The summed E-state index contributed by atoms with van der Waals surface area (Å²) in [7, 11) is 1.99. The zero-order valence-electron chi connectivity index (χ0n) is 14.5. The minimum Gasteiger partial charge on any atom is -0.373 e. The molecule has 1 saturated heterocycles. The number of aromatic nitrogens is 2. The van der Waals surface area contributed by atoms with Gasteiger partial charge < -0.3 is 15.8 Å². The third-order valence-corrected chi connectivity index (χ3v) is 5.35. The zero-order chi connectivity index (χ0) is 16.4. The van der Waals surface area contributed by atoms with Gasteiger partial charge in [-0.25, -0.2) is 0 Å². The predicted molar refractivity (Wildman–Crippen MR) is 91.3 cm³/mol. The molecule has 2 fully saturated rings. The second-order valence-electron chi connectivity index (χ2n) is 6.95. The summed E-state index contributed by atoms with van der Waals surface area (Å²) in [6.07, 6.45) is 5.10. The van der Waals surface area contributed by atoms with Gasteiger partial charge in [-0.3, -0.25) is 9.67 Å². The Kier molecular flexibility index (Phi) is 4.90. The van der Waals surface area contributed by atoms with Crippen LogP contribution in [0.5, 0.6) is 0 Å². The van der Waals surface area contributed by atoms with Crippen molar-refractivity contribution in [2.24, 2.45) is 29.6 Å². The highest BCUT2D eigenvalue weighted by atomic mass is 16.5. The molecule has 1 saturated carbocycles. The predicted octanol–water partition coefficient (Wildman–Crippen LogP) is 1.82. The molecule has 1 aliphatic heterocycles. The van der Waals surface area contributed by atoms with E-state index in [4.69, 9.17) is 10.5 Å². The van der Waals surface area contributed by atoms with Crippen LogP contribution in [0.4, 0.5) is 0 Å². The van der Waals surface area contributed by atoms with E-state index >= 15 is 0 Å². The Bertz CT molecular complexity index is 576. The summed E-state index contributed by atoms with van der Waals surface area (Å²) in [5, 5.41) is 7.81. The van der Waals surface area contributed by atoms with Crippen LogP contribution in [-0.2, 0) is 11.8 Å². The van der Waals surface area contributed by atoms with E-state index in [1.54, 1.807) is 0 Å². The SMILES string of the molecule is Cc1nn(C)c(C)c1[C@@H]1OCC[C@H]1CNC(N)=NCC1CCC1. The number of aryl methyl sites for hydroxylation is 2. The van der Waals surface area contributed by atoms with Crippen molar-refractivity contribution in [2.75, 3.05) is 19.7 Å². The summed E-state index contributed by atoms with van der Waals surface area (Å²) in [6.45, 7) is 6.63. The van der Waals surface area contributed by atoms with E-state index in [1.807, 2.05) is 11.7 Å². The maximum Gasteiger partial charge on any atom is 0.188 e. The molecule has 128 valence electrons. The number of nitrogens with one attached hydrogen (secondary N) is 1. The lowest BCUT2D eigenvalue weighted by Gasteiger charge is -2.23. The minimum atomic E-state index is 0.107. The van der Waals surface area contributed by atoms with E-state index in [0.29, 0.717) is 11.9 Å². The third kappa shape index (κ3) is 3.52. The molecule has 0 bridgehead atoms. The topological polar surface area (TPSA) is 77.5 Å². The van der Waals surface area contributed by atoms with Gasteiger partial charge in [0.2, 0.25) is 0 Å². The Morgan fingerprint density at radius 2 is 2.17 bits per heavy atom. The molecule has 2 aliphatic rings. The molecule has 3 N–H and O–H groups in total. The van der Waals surface area contributed by atoms with E-state index in [1.165, 1.54) is 30.5 Å². The Morgan fingerprint density at radius 3 is 2.78 bits per heavy atom. The van der Waals surface area contributed by atoms with Crippen LogP contribution in [0.2, 0.25) is 0 Å². The molecular formula is C17H29N5O. The van der Waals surface area contributed by atoms with Crippen molar-refractivity contribution in [3.05, 3.63) is 17.0 Å². The molecule has 0 aromatic carbocycles. The van der Waals surface area contributed by atoms with Crippen molar-refractivity contribution in [2.45, 2.75) is 45.6 Å². The molecule has 6 heteroatoms. The zero-order valence-corrected chi connectivity index (χ0v) is 14.5. The van der Waals surface area contributed by atoms with Crippen LogP contribution in [0.1, 0.15) is 48.7 Å². The fourth-order valence-electron chi connectivity index (χ4n) is 3.56. The summed E-state index contributed by atoms with van der Waals surface area (Å²) in [5.74, 6) is 1.73. The van der Waals surface area contributed by atoms with Crippen LogP contribution in [-0.4, -0.2) is 35.4 Å². The summed E-state index contributed by atoms with van der Waals surface area (Å²) in [5.41, 5.74) is 9.50. The van der Waals surface area contributed by atoms with Gasteiger partial charge in [0.15, 0.2) is 5.96 Å². The first-order valence-electron chi connectivity index (χ1n) is 8.71. The Hall–Kier alpha value is -1.56. The van der Waals surface area contributed by atoms with Gasteiger partial charge in [0.25, 0.3) is 0 Å². The summed E-state index contributed by atoms with van der Waals surface area (Å²) in [6, 6.07) is 0. The van der Waals surface area contributed by atoms with Gasteiger partial charge in [0, 0.05) is 43.9 Å². The van der Waals surface area contributed by atoms with Gasteiger partial charge in [0.1, 0.15) is 0 Å². The van der Waals surface area contributed by atoms with Gasteiger partial charge in [0.05, 0.1) is 11.8 Å². The summed E-state index contributed by atoms with van der Waals surface area (Å²) in [4.78, 5) is 4.47. The summed E-state index contributed by atoms with van der Waals surface area (Å²) < 4.78 is 7.95. The second-order valence-corrected chi connectivity index (χ2v) is 6.95. The van der Waals surface area contributed by atoms with E-state index < -0.39 is 0 Å². The number of hydrogen-bond acceptors (Lipinski definition) is 3. The minimum absolute atomic E-state index is 0.107. The van der Waals surface area contributed by atoms with Crippen LogP contribution in [0.15, 0.2) is 4.99 Å². The van der Waals surface area contributed by atoms with Crippen molar-refractivity contribution >= 4 is 5.96 Å².